The standard InChI is InChI=1S/C20H24N4O4/c25-23(26)15-10-11-17(19(12-15)24(27)28)21-22-18-7-3-5-14-9-8-13-4-1-2-6-16(13)20(14)18/h8,10-12,14,16,20-21H,1-7,9H2/b22-18+. The average molecular weight is 384 g/mol. The Morgan fingerprint density at radius 1 is 1.04 bits per heavy atom. The fraction of sp³-hybridized carbons (Fsp3) is 0.550. The SMILES string of the molecule is O=[N+]([O-])c1ccc(N/N=C2\CCCC3CC=C4CCCCC4C23)c([N+](=O)[O-])c1. The summed E-state index contributed by atoms with van der Waals surface area (Å²) in [4.78, 5) is 21.0. The van der Waals surface area contributed by atoms with E-state index in [0.29, 0.717) is 17.8 Å². The number of non-ortho nitro benzene ring substituents is 1. The zero-order chi connectivity index (χ0) is 19.7. The van der Waals surface area contributed by atoms with Crippen LogP contribution in [0.15, 0.2) is 34.9 Å². The fourth-order valence-corrected chi connectivity index (χ4v) is 5.16. The number of nitro groups is 2. The van der Waals surface area contributed by atoms with Crippen molar-refractivity contribution in [3.8, 4) is 0 Å². The lowest BCUT2D eigenvalue weighted by Crippen LogP contribution is -2.39. The Bertz CT molecular complexity index is 864. The average Bonchev–Trinajstić information content (AvgIpc) is 2.71. The highest BCUT2D eigenvalue weighted by atomic mass is 16.6. The molecule has 0 aromatic heterocycles. The maximum atomic E-state index is 11.4. The van der Waals surface area contributed by atoms with Crippen LogP contribution in [0, 0.1) is 38.0 Å². The summed E-state index contributed by atoms with van der Waals surface area (Å²) in [5, 5.41) is 26.9. The van der Waals surface area contributed by atoms with Crippen LogP contribution in [0.5, 0.6) is 0 Å². The normalized spacial score (nSPS) is 28.1. The van der Waals surface area contributed by atoms with Crippen LogP contribution in [0.2, 0.25) is 0 Å². The second-order valence-corrected chi connectivity index (χ2v) is 7.98. The topological polar surface area (TPSA) is 111 Å². The molecule has 0 saturated heterocycles. The van der Waals surface area contributed by atoms with E-state index in [0.717, 1.165) is 31.0 Å². The maximum absolute atomic E-state index is 11.4. The van der Waals surface area contributed by atoms with E-state index in [9.17, 15) is 20.2 Å². The molecule has 148 valence electrons. The number of hydrogen-bond donors (Lipinski definition) is 1. The van der Waals surface area contributed by atoms with E-state index >= 15 is 0 Å². The molecule has 0 radical (unpaired) electrons. The number of nitro benzene ring substituents is 2. The summed E-state index contributed by atoms with van der Waals surface area (Å²) in [6.07, 6.45) is 11.6. The number of nitrogens with zero attached hydrogens (tertiary/aromatic N) is 3. The largest absolute Gasteiger partial charge is 0.301 e. The number of hydrazone groups is 1. The lowest BCUT2D eigenvalue weighted by Gasteiger charge is -2.44. The summed E-state index contributed by atoms with van der Waals surface area (Å²) in [6, 6.07) is 3.62. The van der Waals surface area contributed by atoms with E-state index < -0.39 is 9.85 Å². The van der Waals surface area contributed by atoms with Gasteiger partial charge in [0.1, 0.15) is 5.69 Å². The number of nitrogens with one attached hydrogen (secondary N) is 1. The third kappa shape index (κ3) is 3.50. The van der Waals surface area contributed by atoms with Gasteiger partial charge in [-0.3, -0.25) is 25.7 Å². The van der Waals surface area contributed by atoms with Crippen molar-refractivity contribution < 1.29 is 9.85 Å². The van der Waals surface area contributed by atoms with Gasteiger partial charge in [0, 0.05) is 17.7 Å². The highest BCUT2D eigenvalue weighted by molar-refractivity contribution is 5.89. The molecule has 0 amide bonds. The number of allylic oxidation sites excluding steroid dienone is 2. The third-order valence-electron chi connectivity index (χ3n) is 6.43. The second kappa shape index (κ2) is 7.69. The molecule has 0 spiro atoms. The van der Waals surface area contributed by atoms with Crippen molar-refractivity contribution in [2.24, 2.45) is 22.9 Å². The fourth-order valence-electron chi connectivity index (χ4n) is 5.16. The molecule has 2 fully saturated rings. The molecule has 3 aliphatic rings. The van der Waals surface area contributed by atoms with Crippen molar-refractivity contribution in [3.63, 3.8) is 0 Å². The Morgan fingerprint density at radius 2 is 1.89 bits per heavy atom. The monoisotopic (exact) mass is 384 g/mol. The van der Waals surface area contributed by atoms with Gasteiger partial charge >= 0.3 is 5.69 Å². The van der Waals surface area contributed by atoms with E-state index in [1.54, 1.807) is 5.57 Å². The minimum absolute atomic E-state index is 0.195. The van der Waals surface area contributed by atoms with Gasteiger partial charge in [-0.05, 0) is 62.8 Å². The molecule has 8 nitrogen and oxygen atoms in total. The van der Waals surface area contributed by atoms with Crippen molar-refractivity contribution in [2.45, 2.75) is 51.4 Å². The molecule has 0 aliphatic heterocycles. The minimum atomic E-state index is -0.632. The van der Waals surface area contributed by atoms with E-state index in [1.165, 1.54) is 44.2 Å². The van der Waals surface area contributed by atoms with Gasteiger partial charge in [-0.2, -0.15) is 5.10 Å². The zero-order valence-electron chi connectivity index (χ0n) is 15.7. The molecule has 3 unspecified atom stereocenters. The van der Waals surface area contributed by atoms with Crippen LogP contribution in [0.1, 0.15) is 51.4 Å². The van der Waals surface area contributed by atoms with Gasteiger partial charge in [0.25, 0.3) is 5.69 Å². The third-order valence-corrected chi connectivity index (χ3v) is 6.43. The molecule has 4 rings (SSSR count). The van der Waals surface area contributed by atoms with Crippen LogP contribution in [-0.2, 0) is 0 Å². The summed E-state index contributed by atoms with van der Waals surface area (Å²) in [6.45, 7) is 0. The van der Waals surface area contributed by atoms with Crippen molar-refractivity contribution in [3.05, 3.63) is 50.1 Å². The van der Waals surface area contributed by atoms with Crippen LogP contribution >= 0.6 is 0 Å². The highest BCUT2D eigenvalue weighted by Crippen LogP contribution is 2.47. The highest BCUT2D eigenvalue weighted by Gasteiger charge is 2.40. The van der Waals surface area contributed by atoms with Gasteiger partial charge < -0.3 is 0 Å². The lowest BCUT2D eigenvalue weighted by atomic mass is 9.61. The minimum Gasteiger partial charge on any atom is -0.272 e. The number of fused-ring (bicyclic) bond motifs is 3. The summed E-state index contributed by atoms with van der Waals surface area (Å²) in [7, 11) is 0. The number of benzene rings is 1. The first-order valence-electron chi connectivity index (χ1n) is 9.99. The second-order valence-electron chi connectivity index (χ2n) is 7.98. The van der Waals surface area contributed by atoms with Crippen LogP contribution < -0.4 is 5.43 Å². The summed E-state index contributed by atoms with van der Waals surface area (Å²) >= 11 is 0. The van der Waals surface area contributed by atoms with Crippen LogP contribution in [-0.4, -0.2) is 15.6 Å². The molecule has 1 aromatic carbocycles. The number of anilines is 1. The molecule has 1 aromatic rings. The van der Waals surface area contributed by atoms with Gasteiger partial charge in [0.05, 0.1) is 15.9 Å². The molecule has 28 heavy (non-hydrogen) atoms. The molecule has 0 bridgehead atoms. The Kier molecular flexibility index (Phi) is 5.11. The smallest absolute Gasteiger partial charge is 0.272 e. The number of hydrogen-bond acceptors (Lipinski definition) is 6. The van der Waals surface area contributed by atoms with Gasteiger partial charge in [-0.1, -0.05) is 18.1 Å². The van der Waals surface area contributed by atoms with Crippen LogP contribution in [0.4, 0.5) is 17.1 Å². The molecular formula is C20H24N4O4. The van der Waals surface area contributed by atoms with E-state index in [2.05, 4.69) is 16.6 Å². The first kappa shape index (κ1) is 18.6. The lowest BCUT2D eigenvalue weighted by molar-refractivity contribution is -0.393. The molecule has 2 saturated carbocycles. The quantitative estimate of drug-likeness (QED) is 0.435. The van der Waals surface area contributed by atoms with Gasteiger partial charge in [0.15, 0.2) is 0 Å². The summed E-state index contributed by atoms with van der Waals surface area (Å²) < 4.78 is 0. The van der Waals surface area contributed by atoms with Crippen molar-refractivity contribution in [1.82, 2.24) is 0 Å². The van der Waals surface area contributed by atoms with Gasteiger partial charge in [0.2, 0.25) is 0 Å². The first-order chi connectivity index (χ1) is 13.5. The maximum Gasteiger partial charge on any atom is 0.301 e. The summed E-state index contributed by atoms with van der Waals surface area (Å²) in [5.74, 6) is 1.58. The first-order valence-corrected chi connectivity index (χ1v) is 9.99. The molecule has 3 atom stereocenters. The zero-order valence-corrected chi connectivity index (χ0v) is 15.7. The predicted molar refractivity (Wildman–Crippen MR) is 106 cm³/mol. The number of rotatable bonds is 4. The molecule has 8 heteroatoms. The molecular weight excluding hydrogens is 360 g/mol. The van der Waals surface area contributed by atoms with Crippen molar-refractivity contribution >= 4 is 22.8 Å². The van der Waals surface area contributed by atoms with E-state index in [4.69, 9.17) is 0 Å². The van der Waals surface area contributed by atoms with Crippen molar-refractivity contribution in [2.75, 3.05) is 5.43 Å². The Hall–Kier alpha value is -2.77. The summed E-state index contributed by atoms with van der Waals surface area (Å²) in [5.41, 5.74) is 5.10. The van der Waals surface area contributed by atoms with Crippen LogP contribution in [0.3, 0.4) is 0 Å². The van der Waals surface area contributed by atoms with Gasteiger partial charge in [-0.15, -0.1) is 0 Å². The Labute approximate surface area is 163 Å². The van der Waals surface area contributed by atoms with Gasteiger partial charge in [-0.25, -0.2) is 0 Å². The Balaban J connectivity index is 1.61. The molecule has 3 aliphatic carbocycles. The van der Waals surface area contributed by atoms with Crippen LogP contribution in [0.25, 0.3) is 0 Å². The van der Waals surface area contributed by atoms with Crippen molar-refractivity contribution in [1.29, 1.82) is 0 Å². The molecule has 0 heterocycles. The predicted octanol–water partition coefficient (Wildman–Crippen LogP) is 5.21. The Morgan fingerprint density at radius 3 is 2.68 bits per heavy atom. The molecule has 1 N–H and O–H groups in total. The van der Waals surface area contributed by atoms with E-state index in [-0.39, 0.29) is 17.1 Å². The van der Waals surface area contributed by atoms with E-state index in [1.807, 2.05) is 0 Å².